The molecule has 3 aromatic carbocycles. The summed E-state index contributed by atoms with van der Waals surface area (Å²) in [6.07, 6.45) is 0.692. The molecule has 0 aromatic heterocycles. The topological polar surface area (TPSA) is 66.5 Å². The molecule has 1 unspecified atom stereocenters. The SMILES string of the molecule is CCOc1ccccc1C(=O)N1CCc2cc(OC)c(OC)cc2C1COc1ccc(OC)cc1. The van der Waals surface area contributed by atoms with Crippen molar-refractivity contribution in [3.05, 3.63) is 77.4 Å². The zero-order valence-electron chi connectivity index (χ0n) is 20.6. The van der Waals surface area contributed by atoms with Gasteiger partial charge in [-0.05, 0) is 73.0 Å². The molecule has 35 heavy (non-hydrogen) atoms. The maximum Gasteiger partial charge on any atom is 0.258 e. The zero-order valence-corrected chi connectivity index (χ0v) is 20.6. The minimum atomic E-state index is -0.331. The van der Waals surface area contributed by atoms with Gasteiger partial charge in [-0.3, -0.25) is 4.79 Å². The summed E-state index contributed by atoms with van der Waals surface area (Å²) < 4.78 is 28.2. The van der Waals surface area contributed by atoms with Crippen LogP contribution in [0.3, 0.4) is 0 Å². The quantitative estimate of drug-likeness (QED) is 0.435. The minimum Gasteiger partial charge on any atom is -0.497 e. The van der Waals surface area contributed by atoms with E-state index in [4.69, 9.17) is 23.7 Å². The van der Waals surface area contributed by atoms with Gasteiger partial charge in [-0.1, -0.05) is 12.1 Å². The van der Waals surface area contributed by atoms with Crippen LogP contribution in [0.25, 0.3) is 0 Å². The number of ether oxygens (including phenoxy) is 5. The third-order valence-electron chi connectivity index (χ3n) is 6.15. The first kappa shape index (κ1) is 24.3. The number of carbonyl (C=O) groups excluding carboxylic acids is 1. The summed E-state index contributed by atoms with van der Waals surface area (Å²) in [6.45, 7) is 3.20. The van der Waals surface area contributed by atoms with Gasteiger partial charge >= 0.3 is 0 Å². The molecule has 0 bridgehead atoms. The van der Waals surface area contributed by atoms with Crippen molar-refractivity contribution >= 4 is 5.91 Å². The van der Waals surface area contributed by atoms with Crippen LogP contribution in [0, 0.1) is 0 Å². The fraction of sp³-hybridized carbons (Fsp3) is 0.321. The predicted octanol–water partition coefficient (Wildman–Crippen LogP) is 4.93. The van der Waals surface area contributed by atoms with Crippen LogP contribution in [0.4, 0.5) is 0 Å². The second-order valence-electron chi connectivity index (χ2n) is 8.09. The Morgan fingerprint density at radius 2 is 1.54 bits per heavy atom. The molecule has 0 saturated heterocycles. The molecule has 4 rings (SSSR count). The van der Waals surface area contributed by atoms with Gasteiger partial charge in [0, 0.05) is 6.54 Å². The van der Waals surface area contributed by atoms with Crippen molar-refractivity contribution in [1.29, 1.82) is 0 Å². The van der Waals surface area contributed by atoms with Gasteiger partial charge in [0.15, 0.2) is 11.5 Å². The first-order valence-corrected chi connectivity index (χ1v) is 11.6. The van der Waals surface area contributed by atoms with E-state index in [2.05, 4.69) is 0 Å². The third-order valence-corrected chi connectivity index (χ3v) is 6.15. The van der Waals surface area contributed by atoms with Gasteiger partial charge in [-0.15, -0.1) is 0 Å². The molecule has 0 saturated carbocycles. The van der Waals surface area contributed by atoms with Crippen LogP contribution in [0.2, 0.25) is 0 Å². The molecular formula is C28H31NO6. The molecule has 0 N–H and O–H groups in total. The van der Waals surface area contributed by atoms with Crippen molar-refractivity contribution in [3.8, 4) is 28.7 Å². The van der Waals surface area contributed by atoms with E-state index in [1.807, 2.05) is 66.4 Å². The van der Waals surface area contributed by atoms with Crippen LogP contribution >= 0.6 is 0 Å². The number of hydrogen-bond acceptors (Lipinski definition) is 6. The molecule has 1 amide bonds. The van der Waals surface area contributed by atoms with E-state index >= 15 is 0 Å². The van der Waals surface area contributed by atoms with Gasteiger partial charge in [0.1, 0.15) is 23.9 Å². The standard InChI is InChI=1S/C28H31NO6/c1-5-34-25-9-7-6-8-22(25)28(30)29-15-14-19-16-26(32-3)27(33-4)17-23(19)24(29)18-35-21-12-10-20(31-2)11-13-21/h6-13,16-17,24H,5,14-15,18H2,1-4H3. The first-order valence-electron chi connectivity index (χ1n) is 11.6. The van der Waals surface area contributed by atoms with Crippen molar-refractivity contribution in [2.24, 2.45) is 0 Å². The molecule has 3 aromatic rings. The Labute approximate surface area is 206 Å². The molecule has 0 spiro atoms. The number of carbonyl (C=O) groups is 1. The smallest absolute Gasteiger partial charge is 0.258 e. The van der Waals surface area contributed by atoms with E-state index in [1.165, 1.54) is 0 Å². The number of nitrogens with zero attached hydrogens (tertiary/aromatic N) is 1. The molecule has 1 aliphatic heterocycles. The van der Waals surface area contributed by atoms with Crippen molar-refractivity contribution < 1.29 is 28.5 Å². The highest BCUT2D eigenvalue weighted by molar-refractivity contribution is 5.97. The van der Waals surface area contributed by atoms with Crippen LogP contribution in [-0.2, 0) is 6.42 Å². The average Bonchev–Trinajstić information content (AvgIpc) is 2.91. The summed E-state index contributed by atoms with van der Waals surface area (Å²) in [5, 5.41) is 0. The van der Waals surface area contributed by atoms with Crippen LogP contribution < -0.4 is 23.7 Å². The van der Waals surface area contributed by atoms with Crippen LogP contribution in [-0.4, -0.2) is 51.9 Å². The number of benzene rings is 3. The molecule has 184 valence electrons. The molecule has 0 aliphatic carbocycles. The molecule has 7 heteroatoms. The van der Waals surface area contributed by atoms with Gasteiger partial charge < -0.3 is 28.6 Å². The van der Waals surface area contributed by atoms with Gasteiger partial charge in [0.25, 0.3) is 5.91 Å². The van der Waals surface area contributed by atoms with E-state index in [1.54, 1.807) is 27.4 Å². The fourth-order valence-corrected chi connectivity index (χ4v) is 4.38. The summed E-state index contributed by atoms with van der Waals surface area (Å²) in [5.74, 6) is 3.21. The lowest BCUT2D eigenvalue weighted by Crippen LogP contribution is -2.42. The molecule has 1 atom stereocenters. The normalized spacial score (nSPS) is 14.6. The van der Waals surface area contributed by atoms with Crippen molar-refractivity contribution in [1.82, 2.24) is 4.90 Å². The first-order chi connectivity index (χ1) is 17.1. The number of para-hydroxylation sites is 1. The summed E-state index contributed by atoms with van der Waals surface area (Å²) in [7, 11) is 4.86. The lowest BCUT2D eigenvalue weighted by molar-refractivity contribution is 0.0585. The zero-order chi connectivity index (χ0) is 24.8. The van der Waals surface area contributed by atoms with Crippen molar-refractivity contribution in [2.75, 3.05) is 41.1 Å². The summed E-state index contributed by atoms with van der Waals surface area (Å²) in [6, 6.07) is 18.4. The lowest BCUT2D eigenvalue weighted by Gasteiger charge is -2.38. The Morgan fingerprint density at radius 3 is 2.23 bits per heavy atom. The second-order valence-corrected chi connectivity index (χ2v) is 8.09. The Balaban J connectivity index is 1.70. The summed E-state index contributed by atoms with van der Waals surface area (Å²) in [5.41, 5.74) is 2.62. The average molecular weight is 478 g/mol. The van der Waals surface area contributed by atoms with Crippen molar-refractivity contribution in [3.63, 3.8) is 0 Å². The Kier molecular flexibility index (Phi) is 7.65. The molecular weight excluding hydrogens is 446 g/mol. The Morgan fingerprint density at radius 1 is 0.857 bits per heavy atom. The maximum absolute atomic E-state index is 13.8. The number of amides is 1. The lowest BCUT2D eigenvalue weighted by atomic mass is 9.91. The summed E-state index contributed by atoms with van der Waals surface area (Å²) >= 11 is 0. The third kappa shape index (κ3) is 5.14. The Bertz CT molecular complexity index is 1160. The highest BCUT2D eigenvalue weighted by Gasteiger charge is 2.34. The Hall–Kier alpha value is -3.87. The minimum absolute atomic E-state index is 0.0992. The second kappa shape index (κ2) is 11.0. The maximum atomic E-state index is 13.8. The van der Waals surface area contributed by atoms with Crippen LogP contribution in [0.15, 0.2) is 60.7 Å². The van der Waals surface area contributed by atoms with E-state index in [0.29, 0.717) is 48.1 Å². The van der Waals surface area contributed by atoms with E-state index in [9.17, 15) is 4.79 Å². The summed E-state index contributed by atoms with van der Waals surface area (Å²) in [4.78, 5) is 15.7. The van der Waals surface area contributed by atoms with E-state index in [-0.39, 0.29) is 18.6 Å². The van der Waals surface area contributed by atoms with Crippen LogP contribution in [0.1, 0.15) is 34.5 Å². The largest absolute Gasteiger partial charge is 0.497 e. The van der Waals surface area contributed by atoms with Gasteiger partial charge in [-0.2, -0.15) is 0 Å². The van der Waals surface area contributed by atoms with Gasteiger partial charge in [0.2, 0.25) is 0 Å². The number of rotatable bonds is 9. The monoisotopic (exact) mass is 477 g/mol. The van der Waals surface area contributed by atoms with E-state index in [0.717, 1.165) is 16.9 Å². The van der Waals surface area contributed by atoms with Crippen molar-refractivity contribution in [2.45, 2.75) is 19.4 Å². The van der Waals surface area contributed by atoms with E-state index < -0.39 is 0 Å². The molecule has 0 fully saturated rings. The highest BCUT2D eigenvalue weighted by Crippen LogP contribution is 2.39. The van der Waals surface area contributed by atoms with Gasteiger partial charge in [0.05, 0.1) is 39.5 Å². The number of hydrogen-bond donors (Lipinski definition) is 0. The molecule has 7 nitrogen and oxygen atoms in total. The fourth-order valence-electron chi connectivity index (χ4n) is 4.38. The number of fused-ring (bicyclic) bond motifs is 1. The molecule has 1 heterocycles. The predicted molar refractivity (Wildman–Crippen MR) is 133 cm³/mol. The molecule has 1 aliphatic rings. The number of methoxy groups -OCH3 is 3. The van der Waals surface area contributed by atoms with Crippen LogP contribution in [0.5, 0.6) is 28.7 Å². The molecule has 0 radical (unpaired) electrons. The van der Waals surface area contributed by atoms with Gasteiger partial charge in [-0.25, -0.2) is 0 Å². The highest BCUT2D eigenvalue weighted by atomic mass is 16.5.